The van der Waals surface area contributed by atoms with Crippen LogP contribution in [0.2, 0.25) is 0 Å². The van der Waals surface area contributed by atoms with Crippen molar-refractivity contribution in [1.29, 1.82) is 0 Å². The zero-order valence-electron chi connectivity index (χ0n) is 10.2. The van der Waals surface area contributed by atoms with Crippen LogP contribution in [0.3, 0.4) is 0 Å². The second-order valence-corrected chi connectivity index (χ2v) is 5.94. The molecular weight excluding hydrogens is 240 g/mol. The van der Waals surface area contributed by atoms with Gasteiger partial charge < -0.3 is 4.74 Å². The lowest BCUT2D eigenvalue weighted by molar-refractivity contribution is -0.140. The molecule has 1 aromatic carbocycles. The Hall–Kier alpha value is -1.36. The molecule has 0 saturated carbocycles. The molecule has 0 fully saturated rings. The number of sulfone groups is 1. The summed E-state index contributed by atoms with van der Waals surface area (Å²) in [4.78, 5) is 11.3. The van der Waals surface area contributed by atoms with Crippen LogP contribution in [0.1, 0.15) is 17.5 Å². The van der Waals surface area contributed by atoms with Gasteiger partial charge in [-0.3, -0.25) is 4.79 Å². The number of rotatable bonds is 4. The number of benzene rings is 1. The maximum atomic E-state index is 11.6. The average molecular weight is 256 g/mol. The highest BCUT2D eigenvalue weighted by molar-refractivity contribution is 7.90. The molecule has 1 rings (SSSR count). The van der Waals surface area contributed by atoms with Crippen LogP contribution >= 0.6 is 0 Å². The van der Waals surface area contributed by atoms with E-state index < -0.39 is 9.84 Å². The predicted octanol–water partition coefficient (Wildman–Crippen LogP) is 1.50. The number of carbonyl (C=O) groups is 1. The van der Waals surface area contributed by atoms with E-state index in [1.54, 1.807) is 18.2 Å². The fourth-order valence-corrected chi connectivity index (χ4v) is 2.56. The fraction of sp³-hybridized carbons (Fsp3) is 0.417. The van der Waals surface area contributed by atoms with Gasteiger partial charge in [-0.25, -0.2) is 8.42 Å². The number of esters is 1. The lowest BCUT2D eigenvalue weighted by Crippen LogP contribution is -2.07. The van der Waals surface area contributed by atoms with Crippen LogP contribution in [0.15, 0.2) is 23.1 Å². The van der Waals surface area contributed by atoms with Gasteiger partial charge in [-0.05, 0) is 25.0 Å². The molecule has 0 amide bonds. The van der Waals surface area contributed by atoms with Crippen LogP contribution in [-0.4, -0.2) is 27.8 Å². The Morgan fingerprint density at radius 1 is 1.35 bits per heavy atom. The average Bonchev–Trinajstić information content (AvgIpc) is 2.24. The first kappa shape index (κ1) is 13.7. The summed E-state index contributed by atoms with van der Waals surface area (Å²) in [7, 11) is -1.94. The highest BCUT2D eigenvalue weighted by Crippen LogP contribution is 2.19. The van der Waals surface area contributed by atoms with Gasteiger partial charge in [0.15, 0.2) is 9.84 Å². The van der Waals surface area contributed by atoms with E-state index >= 15 is 0 Å². The summed E-state index contributed by atoms with van der Waals surface area (Å²) in [6, 6.07) is 5.12. The van der Waals surface area contributed by atoms with Crippen molar-refractivity contribution in [2.45, 2.75) is 24.7 Å². The van der Waals surface area contributed by atoms with Crippen LogP contribution in [-0.2, 0) is 25.8 Å². The second-order valence-electron chi connectivity index (χ2n) is 3.96. The standard InChI is InChI=1S/C12H16O4S/c1-9-4-6-11(17(3,14)15)10(8-9)5-7-12(13)16-2/h4,6,8H,5,7H2,1-3H3. The number of hydrogen-bond donors (Lipinski definition) is 0. The normalized spacial score (nSPS) is 11.2. The van der Waals surface area contributed by atoms with Gasteiger partial charge in [-0.15, -0.1) is 0 Å². The van der Waals surface area contributed by atoms with Crippen molar-refractivity contribution in [2.75, 3.05) is 13.4 Å². The van der Waals surface area contributed by atoms with Crippen LogP contribution in [0.4, 0.5) is 0 Å². The van der Waals surface area contributed by atoms with Crippen LogP contribution in [0.5, 0.6) is 0 Å². The number of methoxy groups -OCH3 is 1. The summed E-state index contributed by atoms with van der Waals surface area (Å²) < 4.78 is 27.7. The molecule has 0 aromatic heterocycles. The van der Waals surface area contributed by atoms with Gasteiger partial charge in [-0.1, -0.05) is 17.7 Å². The van der Waals surface area contributed by atoms with Gasteiger partial charge in [0.05, 0.1) is 12.0 Å². The first-order valence-corrected chi connectivity index (χ1v) is 7.10. The molecule has 0 radical (unpaired) electrons. The molecule has 0 saturated heterocycles. The Labute approximate surface area is 102 Å². The predicted molar refractivity (Wildman–Crippen MR) is 64.6 cm³/mol. The van der Waals surface area contributed by atoms with Gasteiger partial charge in [0.1, 0.15) is 0 Å². The van der Waals surface area contributed by atoms with E-state index in [2.05, 4.69) is 4.74 Å². The molecule has 0 aliphatic heterocycles. The van der Waals surface area contributed by atoms with E-state index in [1.165, 1.54) is 13.4 Å². The molecule has 0 heterocycles. The summed E-state index contributed by atoms with van der Waals surface area (Å²) in [6.07, 6.45) is 1.72. The molecule has 17 heavy (non-hydrogen) atoms. The molecule has 94 valence electrons. The first-order valence-electron chi connectivity index (χ1n) is 5.21. The minimum atomic E-state index is -3.26. The maximum Gasteiger partial charge on any atom is 0.305 e. The van der Waals surface area contributed by atoms with Crippen molar-refractivity contribution in [3.8, 4) is 0 Å². The summed E-state index contributed by atoms with van der Waals surface area (Å²) in [5.74, 6) is -0.342. The first-order chi connectivity index (χ1) is 7.84. The van der Waals surface area contributed by atoms with Crippen molar-refractivity contribution in [2.24, 2.45) is 0 Å². The summed E-state index contributed by atoms with van der Waals surface area (Å²) in [6.45, 7) is 1.88. The van der Waals surface area contributed by atoms with E-state index in [0.29, 0.717) is 12.0 Å². The Balaban J connectivity index is 3.04. The molecule has 5 heteroatoms. The van der Waals surface area contributed by atoms with Crippen molar-refractivity contribution in [1.82, 2.24) is 0 Å². The van der Waals surface area contributed by atoms with E-state index in [0.717, 1.165) is 5.56 Å². The van der Waals surface area contributed by atoms with E-state index in [9.17, 15) is 13.2 Å². The Bertz CT molecular complexity index is 517. The fourth-order valence-electron chi connectivity index (χ4n) is 1.60. The Kier molecular flexibility index (Phi) is 4.28. The highest BCUT2D eigenvalue weighted by atomic mass is 32.2. The van der Waals surface area contributed by atoms with Crippen molar-refractivity contribution in [3.63, 3.8) is 0 Å². The molecule has 0 aliphatic carbocycles. The van der Waals surface area contributed by atoms with E-state index in [1.807, 2.05) is 6.92 Å². The monoisotopic (exact) mass is 256 g/mol. The van der Waals surface area contributed by atoms with Gasteiger partial charge >= 0.3 is 5.97 Å². The third-order valence-corrected chi connectivity index (χ3v) is 3.64. The van der Waals surface area contributed by atoms with Gasteiger partial charge in [-0.2, -0.15) is 0 Å². The number of ether oxygens (including phenoxy) is 1. The number of carbonyl (C=O) groups excluding carboxylic acids is 1. The topological polar surface area (TPSA) is 60.4 Å². The second kappa shape index (κ2) is 5.31. The zero-order valence-corrected chi connectivity index (χ0v) is 11.0. The quantitative estimate of drug-likeness (QED) is 0.766. The number of hydrogen-bond acceptors (Lipinski definition) is 4. The minimum absolute atomic E-state index is 0.183. The van der Waals surface area contributed by atoms with Crippen molar-refractivity contribution in [3.05, 3.63) is 29.3 Å². The lowest BCUT2D eigenvalue weighted by Gasteiger charge is -2.08. The summed E-state index contributed by atoms with van der Waals surface area (Å²) >= 11 is 0. The van der Waals surface area contributed by atoms with Crippen molar-refractivity contribution >= 4 is 15.8 Å². The Morgan fingerprint density at radius 2 is 2.00 bits per heavy atom. The molecule has 0 unspecified atom stereocenters. The molecule has 0 aliphatic rings. The summed E-state index contributed by atoms with van der Waals surface area (Å²) in [5.41, 5.74) is 1.63. The van der Waals surface area contributed by atoms with Gasteiger partial charge in [0.25, 0.3) is 0 Å². The Morgan fingerprint density at radius 3 is 2.53 bits per heavy atom. The molecule has 0 atom stereocenters. The molecular formula is C12H16O4S. The zero-order chi connectivity index (χ0) is 13.1. The van der Waals surface area contributed by atoms with Gasteiger partial charge in [0.2, 0.25) is 0 Å². The molecule has 4 nitrogen and oxygen atoms in total. The van der Waals surface area contributed by atoms with Gasteiger partial charge in [0, 0.05) is 12.7 Å². The third-order valence-electron chi connectivity index (χ3n) is 2.44. The van der Waals surface area contributed by atoms with E-state index in [4.69, 9.17) is 0 Å². The minimum Gasteiger partial charge on any atom is -0.469 e. The molecule has 0 N–H and O–H groups in total. The van der Waals surface area contributed by atoms with Crippen LogP contribution < -0.4 is 0 Å². The molecule has 0 spiro atoms. The van der Waals surface area contributed by atoms with Crippen LogP contribution in [0.25, 0.3) is 0 Å². The van der Waals surface area contributed by atoms with E-state index in [-0.39, 0.29) is 17.3 Å². The molecule has 0 bridgehead atoms. The largest absolute Gasteiger partial charge is 0.469 e. The van der Waals surface area contributed by atoms with Crippen LogP contribution in [0, 0.1) is 6.92 Å². The number of aryl methyl sites for hydroxylation is 2. The third kappa shape index (κ3) is 3.85. The highest BCUT2D eigenvalue weighted by Gasteiger charge is 2.14. The summed E-state index contributed by atoms with van der Waals surface area (Å²) in [5, 5.41) is 0. The lowest BCUT2D eigenvalue weighted by atomic mass is 10.1. The molecule has 1 aromatic rings. The smallest absolute Gasteiger partial charge is 0.305 e. The maximum absolute atomic E-state index is 11.6. The van der Waals surface area contributed by atoms with Crippen molar-refractivity contribution < 1.29 is 17.9 Å². The SMILES string of the molecule is COC(=O)CCc1cc(C)ccc1S(C)(=O)=O.